The highest BCUT2D eigenvalue weighted by molar-refractivity contribution is 7.91. The highest BCUT2D eigenvalue weighted by atomic mass is 32.2. The Labute approximate surface area is 151 Å². The summed E-state index contributed by atoms with van der Waals surface area (Å²) in [7, 11) is -3.04. The molecule has 9 heteroatoms. The van der Waals surface area contributed by atoms with E-state index in [0.29, 0.717) is 43.2 Å². The van der Waals surface area contributed by atoms with Crippen molar-refractivity contribution in [3.05, 3.63) is 18.2 Å². The molecule has 4 rings (SSSR count). The van der Waals surface area contributed by atoms with Crippen molar-refractivity contribution >= 4 is 27.3 Å². The summed E-state index contributed by atoms with van der Waals surface area (Å²) in [6.07, 6.45) is 0.913. The lowest BCUT2D eigenvalue weighted by Crippen LogP contribution is -2.37. The van der Waals surface area contributed by atoms with Crippen LogP contribution in [-0.4, -0.2) is 51.0 Å². The Morgan fingerprint density at radius 3 is 2.50 bits per heavy atom. The zero-order chi connectivity index (χ0) is 18.3. The number of carbonyl (C=O) groups is 2. The van der Waals surface area contributed by atoms with E-state index in [1.165, 1.54) is 0 Å². The van der Waals surface area contributed by atoms with Gasteiger partial charge in [0.1, 0.15) is 13.2 Å². The number of nitrogens with one attached hydrogen (secondary N) is 2. The van der Waals surface area contributed by atoms with Crippen LogP contribution in [0.25, 0.3) is 0 Å². The topological polar surface area (TPSA) is 111 Å². The molecule has 2 aliphatic heterocycles. The third-order valence-electron chi connectivity index (χ3n) is 4.85. The molecule has 0 spiro atoms. The van der Waals surface area contributed by atoms with Crippen LogP contribution in [0.5, 0.6) is 11.5 Å². The van der Waals surface area contributed by atoms with E-state index < -0.39 is 15.8 Å². The molecule has 2 fully saturated rings. The van der Waals surface area contributed by atoms with E-state index in [2.05, 4.69) is 10.6 Å². The molecule has 2 N–H and O–H groups in total. The van der Waals surface area contributed by atoms with Crippen LogP contribution in [0.1, 0.15) is 12.8 Å². The van der Waals surface area contributed by atoms with Gasteiger partial charge >= 0.3 is 0 Å². The zero-order valence-electron chi connectivity index (χ0n) is 14.1. The molecule has 2 amide bonds. The van der Waals surface area contributed by atoms with Crippen molar-refractivity contribution in [1.82, 2.24) is 5.32 Å². The van der Waals surface area contributed by atoms with Gasteiger partial charge in [0.15, 0.2) is 21.3 Å². The van der Waals surface area contributed by atoms with Crippen molar-refractivity contribution in [2.75, 3.05) is 30.0 Å². The van der Waals surface area contributed by atoms with E-state index in [4.69, 9.17) is 9.47 Å². The largest absolute Gasteiger partial charge is 0.486 e. The van der Waals surface area contributed by atoms with Crippen molar-refractivity contribution in [2.45, 2.75) is 18.9 Å². The molecule has 1 aromatic rings. The first-order valence-corrected chi connectivity index (χ1v) is 10.4. The minimum atomic E-state index is -3.04. The van der Waals surface area contributed by atoms with E-state index >= 15 is 0 Å². The molecule has 0 radical (unpaired) electrons. The minimum absolute atomic E-state index is 0.0144. The van der Waals surface area contributed by atoms with Gasteiger partial charge in [-0.3, -0.25) is 9.59 Å². The van der Waals surface area contributed by atoms with Crippen LogP contribution in [0.2, 0.25) is 0 Å². The summed E-state index contributed by atoms with van der Waals surface area (Å²) in [6.45, 7) is 0.964. The van der Waals surface area contributed by atoms with Crippen molar-refractivity contribution in [1.29, 1.82) is 0 Å². The van der Waals surface area contributed by atoms with E-state index in [0.717, 1.165) is 0 Å². The van der Waals surface area contributed by atoms with Gasteiger partial charge in [0, 0.05) is 17.8 Å². The second-order valence-electron chi connectivity index (χ2n) is 6.90. The van der Waals surface area contributed by atoms with Crippen LogP contribution in [0.3, 0.4) is 0 Å². The molecular weight excluding hydrogens is 360 g/mol. The number of fused-ring (bicyclic) bond motifs is 1. The Balaban J connectivity index is 1.31. The van der Waals surface area contributed by atoms with E-state index in [1.807, 2.05) is 0 Å². The summed E-state index contributed by atoms with van der Waals surface area (Å²) in [5, 5.41) is 5.55. The van der Waals surface area contributed by atoms with Gasteiger partial charge in [-0.2, -0.15) is 0 Å². The number of benzene rings is 1. The van der Waals surface area contributed by atoms with Gasteiger partial charge < -0.3 is 20.1 Å². The number of sulfone groups is 1. The third kappa shape index (κ3) is 3.62. The monoisotopic (exact) mass is 380 g/mol. The summed E-state index contributed by atoms with van der Waals surface area (Å²) >= 11 is 0. The summed E-state index contributed by atoms with van der Waals surface area (Å²) in [4.78, 5) is 24.5. The predicted octanol–water partition coefficient (Wildman–Crippen LogP) is 0.336. The highest BCUT2D eigenvalue weighted by Crippen LogP contribution is 2.40. The lowest BCUT2D eigenvalue weighted by atomic mass is 10.2. The van der Waals surface area contributed by atoms with E-state index in [9.17, 15) is 18.0 Å². The number of anilines is 1. The Morgan fingerprint density at radius 1 is 1.04 bits per heavy atom. The summed E-state index contributed by atoms with van der Waals surface area (Å²) in [6, 6.07) is 4.83. The molecule has 1 saturated heterocycles. The molecule has 1 aromatic carbocycles. The summed E-state index contributed by atoms with van der Waals surface area (Å²) in [5.74, 6) is 0.0777. The second kappa shape index (κ2) is 6.46. The van der Waals surface area contributed by atoms with Crippen LogP contribution in [0.15, 0.2) is 18.2 Å². The van der Waals surface area contributed by atoms with Gasteiger partial charge in [0.25, 0.3) is 0 Å². The first-order chi connectivity index (χ1) is 12.4. The average molecular weight is 380 g/mol. The number of hydrogen-bond acceptors (Lipinski definition) is 6. The normalized spacial score (nSPS) is 28.2. The van der Waals surface area contributed by atoms with Gasteiger partial charge in [-0.25, -0.2) is 8.42 Å². The molecule has 0 bridgehead atoms. The lowest BCUT2D eigenvalue weighted by molar-refractivity contribution is -0.125. The number of ether oxygens (including phenoxy) is 2. The fraction of sp³-hybridized carbons (Fsp3) is 0.529. The SMILES string of the molecule is O=C(Nc1ccc2c(c1)OCCO2)C1CC1C(=O)NC1CCS(=O)(=O)C1. The van der Waals surface area contributed by atoms with Crippen LogP contribution in [0, 0.1) is 11.8 Å². The molecule has 3 unspecified atom stereocenters. The molecule has 26 heavy (non-hydrogen) atoms. The van der Waals surface area contributed by atoms with Crippen molar-refractivity contribution in [2.24, 2.45) is 11.8 Å². The van der Waals surface area contributed by atoms with Crippen molar-refractivity contribution in [3.63, 3.8) is 0 Å². The maximum absolute atomic E-state index is 12.3. The number of amides is 2. The first-order valence-electron chi connectivity index (χ1n) is 8.62. The van der Waals surface area contributed by atoms with E-state index in [-0.39, 0.29) is 35.3 Å². The van der Waals surface area contributed by atoms with Gasteiger partial charge in [-0.15, -0.1) is 0 Å². The fourth-order valence-corrected chi connectivity index (χ4v) is 5.02. The predicted molar refractivity (Wildman–Crippen MR) is 92.9 cm³/mol. The summed E-state index contributed by atoms with van der Waals surface area (Å²) < 4.78 is 33.8. The molecule has 1 aliphatic carbocycles. The maximum Gasteiger partial charge on any atom is 0.228 e. The standard InChI is InChI=1S/C17H20N2O6S/c20-16(18-10-1-2-14-15(7-10)25-5-4-24-14)12-8-13(12)17(21)19-11-3-6-26(22,23)9-11/h1-2,7,11-13H,3-6,8-9H2,(H,18,20)(H,19,21). The Bertz CT molecular complexity index is 853. The molecule has 3 aliphatic rings. The van der Waals surface area contributed by atoms with Crippen LogP contribution in [-0.2, 0) is 19.4 Å². The molecule has 0 aromatic heterocycles. The second-order valence-corrected chi connectivity index (χ2v) is 9.13. The van der Waals surface area contributed by atoms with Crippen molar-refractivity contribution in [3.8, 4) is 11.5 Å². The van der Waals surface area contributed by atoms with Crippen molar-refractivity contribution < 1.29 is 27.5 Å². The molecular formula is C17H20N2O6S. The molecule has 8 nitrogen and oxygen atoms in total. The Kier molecular flexibility index (Phi) is 4.26. The number of carbonyl (C=O) groups excluding carboxylic acids is 2. The lowest BCUT2D eigenvalue weighted by Gasteiger charge is -2.19. The van der Waals surface area contributed by atoms with Crippen LogP contribution >= 0.6 is 0 Å². The maximum atomic E-state index is 12.3. The zero-order valence-corrected chi connectivity index (χ0v) is 14.9. The Hall–Kier alpha value is -2.29. The third-order valence-corrected chi connectivity index (χ3v) is 6.62. The Morgan fingerprint density at radius 2 is 1.77 bits per heavy atom. The fourth-order valence-electron chi connectivity index (χ4n) is 3.35. The van der Waals surface area contributed by atoms with Gasteiger partial charge in [0.05, 0.1) is 23.3 Å². The quantitative estimate of drug-likeness (QED) is 0.779. The highest BCUT2D eigenvalue weighted by Gasteiger charge is 2.48. The number of rotatable bonds is 4. The minimum Gasteiger partial charge on any atom is -0.486 e. The van der Waals surface area contributed by atoms with Crippen LogP contribution in [0.4, 0.5) is 5.69 Å². The van der Waals surface area contributed by atoms with Gasteiger partial charge in [-0.05, 0) is 25.0 Å². The van der Waals surface area contributed by atoms with Crippen LogP contribution < -0.4 is 20.1 Å². The van der Waals surface area contributed by atoms with Gasteiger partial charge in [0.2, 0.25) is 11.8 Å². The summed E-state index contributed by atoms with van der Waals surface area (Å²) in [5.41, 5.74) is 0.590. The number of hydrogen-bond donors (Lipinski definition) is 2. The molecule has 2 heterocycles. The van der Waals surface area contributed by atoms with E-state index in [1.54, 1.807) is 18.2 Å². The smallest absolute Gasteiger partial charge is 0.228 e. The first kappa shape index (κ1) is 17.1. The molecule has 3 atom stereocenters. The molecule has 140 valence electrons. The van der Waals surface area contributed by atoms with Gasteiger partial charge in [-0.1, -0.05) is 0 Å². The molecule has 1 saturated carbocycles. The average Bonchev–Trinajstić information content (AvgIpc) is 3.34.